The predicted octanol–water partition coefficient (Wildman–Crippen LogP) is 1.64. The number of carbonyl (C=O) groups is 1. The molecule has 0 aliphatic heterocycles. The van der Waals surface area contributed by atoms with Crippen LogP contribution in [0.3, 0.4) is 0 Å². The number of carbonyl (C=O) groups excluding carboxylic acids is 1. The van der Waals surface area contributed by atoms with E-state index >= 15 is 0 Å². The Morgan fingerprint density at radius 3 is 2.95 bits per heavy atom. The summed E-state index contributed by atoms with van der Waals surface area (Å²) in [5.41, 5.74) is 0.407. The van der Waals surface area contributed by atoms with Crippen LogP contribution in [0.2, 0.25) is 5.02 Å². The fraction of sp³-hybridized carbons (Fsp3) is 0.308. The first-order chi connectivity index (χ1) is 9.52. The number of amides is 1. The molecule has 1 unspecified atom stereocenters. The van der Waals surface area contributed by atoms with Crippen LogP contribution in [0.5, 0.6) is 0 Å². The quantitative estimate of drug-likeness (QED) is 0.899. The van der Waals surface area contributed by atoms with Gasteiger partial charge in [-0.3, -0.25) is 14.3 Å². The highest BCUT2D eigenvalue weighted by atomic mass is 35.5. The molecule has 2 rings (SSSR count). The highest BCUT2D eigenvalue weighted by molar-refractivity contribution is 6.30. The molecule has 0 saturated heterocycles. The lowest BCUT2D eigenvalue weighted by molar-refractivity contribution is 0.0932. The van der Waals surface area contributed by atoms with Crippen molar-refractivity contribution in [3.63, 3.8) is 0 Å². The third-order valence-electron chi connectivity index (χ3n) is 3.04. The number of halogens is 1. The molecule has 2 N–H and O–H groups in total. The summed E-state index contributed by atoms with van der Waals surface area (Å²) < 4.78 is 1.69. The van der Waals surface area contributed by atoms with Crippen LogP contribution in [-0.2, 0) is 7.05 Å². The molecule has 0 spiro atoms. The van der Waals surface area contributed by atoms with E-state index in [1.807, 2.05) is 13.0 Å². The van der Waals surface area contributed by atoms with Crippen LogP contribution in [0.15, 0.2) is 29.3 Å². The molecule has 0 radical (unpaired) electrons. The zero-order valence-corrected chi connectivity index (χ0v) is 11.9. The highest BCUT2D eigenvalue weighted by Crippen LogP contribution is 2.16. The first-order valence-electron chi connectivity index (χ1n) is 6.20. The molecule has 0 aliphatic rings. The number of aromatic amines is 1. The van der Waals surface area contributed by atoms with E-state index in [-0.39, 0.29) is 11.6 Å². The van der Waals surface area contributed by atoms with Crippen LogP contribution >= 0.6 is 11.6 Å². The van der Waals surface area contributed by atoms with Gasteiger partial charge in [-0.25, -0.2) is 0 Å². The minimum Gasteiger partial charge on any atom is -0.344 e. The van der Waals surface area contributed by atoms with E-state index in [0.717, 1.165) is 5.69 Å². The van der Waals surface area contributed by atoms with Crippen molar-refractivity contribution in [2.45, 2.75) is 19.4 Å². The molecule has 0 fully saturated rings. The highest BCUT2D eigenvalue weighted by Gasteiger charge is 2.18. The second kappa shape index (κ2) is 5.92. The molecule has 6 nitrogen and oxygen atoms in total. The SMILES string of the molecule is CCC(NC(=O)c1cc(Cl)c[nH]c1=O)c1ccnn1C. The summed E-state index contributed by atoms with van der Waals surface area (Å²) in [4.78, 5) is 26.2. The van der Waals surface area contributed by atoms with E-state index in [9.17, 15) is 9.59 Å². The Bertz CT molecular complexity index is 677. The van der Waals surface area contributed by atoms with Gasteiger partial charge in [0.15, 0.2) is 0 Å². The van der Waals surface area contributed by atoms with Crippen molar-refractivity contribution in [2.75, 3.05) is 0 Å². The minimum atomic E-state index is -0.466. The number of rotatable bonds is 4. The molecule has 2 heterocycles. The fourth-order valence-electron chi connectivity index (χ4n) is 1.97. The number of aryl methyl sites for hydroxylation is 1. The van der Waals surface area contributed by atoms with Gasteiger partial charge in [-0.15, -0.1) is 0 Å². The van der Waals surface area contributed by atoms with E-state index < -0.39 is 11.5 Å². The van der Waals surface area contributed by atoms with Gasteiger partial charge in [-0.2, -0.15) is 5.10 Å². The average Bonchev–Trinajstić information content (AvgIpc) is 2.84. The van der Waals surface area contributed by atoms with Crippen molar-refractivity contribution in [1.29, 1.82) is 0 Å². The first-order valence-corrected chi connectivity index (χ1v) is 6.57. The normalized spacial score (nSPS) is 12.2. The van der Waals surface area contributed by atoms with Gasteiger partial charge in [0.25, 0.3) is 11.5 Å². The van der Waals surface area contributed by atoms with Crippen LogP contribution in [0.4, 0.5) is 0 Å². The van der Waals surface area contributed by atoms with Crippen molar-refractivity contribution in [1.82, 2.24) is 20.1 Å². The van der Waals surface area contributed by atoms with Crippen molar-refractivity contribution in [3.05, 3.63) is 51.2 Å². The first kappa shape index (κ1) is 14.3. The van der Waals surface area contributed by atoms with Gasteiger partial charge in [0.05, 0.1) is 16.8 Å². The van der Waals surface area contributed by atoms with E-state index in [1.165, 1.54) is 12.3 Å². The van der Waals surface area contributed by atoms with Crippen LogP contribution in [0, 0.1) is 0 Å². The molecular weight excluding hydrogens is 280 g/mol. The van der Waals surface area contributed by atoms with Crippen LogP contribution in [0.25, 0.3) is 0 Å². The lowest BCUT2D eigenvalue weighted by atomic mass is 10.1. The van der Waals surface area contributed by atoms with E-state index in [0.29, 0.717) is 11.4 Å². The van der Waals surface area contributed by atoms with E-state index in [2.05, 4.69) is 15.4 Å². The number of pyridine rings is 1. The summed E-state index contributed by atoms with van der Waals surface area (Å²) in [6.45, 7) is 1.94. The Morgan fingerprint density at radius 1 is 1.60 bits per heavy atom. The summed E-state index contributed by atoms with van der Waals surface area (Å²) in [7, 11) is 1.80. The Hall–Kier alpha value is -2.08. The number of nitrogens with zero attached hydrogens (tertiary/aromatic N) is 2. The van der Waals surface area contributed by atoms with Gasteiger partial charge in [0.2, 0.25) is 0 Å². The zero-order chi connectivity index (χ0) is 14.7. The third kappa shape index (κ3) is 2.91. The lowest BCUT2D eigenvalue weighted by Crippen LogP contribution is -2.33. The van der Waals surface area contributed by atoms with Crippen molar-refractivity contribution >= 4 is 17.5 Å². The summed E-state index contributed by atoms with van der Waals surface area (Å²) in [6, 6.07) is 2.97. The maximum absolute atomic E-state index is 12.2. The Labute approximate surface area is 120 Å². The van der Waals surface area contributed by atoms with Gasteiger partial charge in [0, 0.05) is 19.4 Å². The molecule has 7 heteroatoms. The predicted molar refractivity (Wildman–Crippen MR) is 75.8 cm³/mol. The summed E-state index contributed by atoms with van der Waals surface area (Å²) in [5.74, 6) is -0.457. The van der Waals surface area contributed by atoms with Crippen LogP contribution in [0.1, 0.15) is 35.4 Å². The Kier molecular flexibility index (Phi) is 4.24. The van der Waals surface area contributed by atoms with E-state index in [1.54, 1.807) is 17.9 Å². The van der Waals surface area contributed by atoms with Gasteiger partial charge >= 0.3 is 0 Å². The Morgan fingerprint density at radius 2 is 2.35 bits per heavy atom. The number of aromatic nitrogens is 3. The molecule has 1 atom stereocenters. The maximum atomic E-state index is 12.2. The largest absolute Gasteiger partial charge is 0.344 e. The zero-order valence-electron chi connectivity index (χ0n) is 11.2. The number of H-pyrrole nitrogens is 1. The van der Waals surface area contributed by atoms with Crippen LogP contribution < -0.4 is 10.9 Å². The third-order valence-corrected chi connectivity index (χ3v) is 3.26. The van der Waals surface area contributed by atoms with Crippen molar-refractivity contribution in [3.8, 4) is 0 Å². The molecule has 2 aromatic heterocycles. The molecular formula is C13H15ClN4O2. The number of hydrogen-bond acceptors (Lipinski definition) is 3. The lowest BCUT2D eigenvalue weighted by Gasteiger charge is -2.17. The van der Waals surface area contributed by atoms with Crippen molar-refractivity contribution in [2.24, 2.45) is 7.05 Å². The average molecular weight is 295 g/mol. The summed E-state index contributed by atoms with van der Waals surface area (Å²) >= 11 is 5.79. The standard InChI is InChI=1S/C13H15ClN4O2/c1-3-10(11-4-5-16-18(11)2)17-13(20)9-6-8(14)7-15-12(9)19/h4-7,10H,3H2,1-2H3,(H,15,19)(H,17,20). The Balaban J connectivity index is 2.24. The molecule has 0 saturated carbocycles. The topological polar surface area (TPSA) is 79.8 Å². The second-order valence-corrected chi connectivity index (χ2v) is 4.81. The molecule has 0 aromatic carbocycles. The molecule has 0 bridgehead atoms. The van der Waals surface area contributed by atoms with Crippen LogP contribution in [-0.4, -0.2) is 20.7 Å². The number of nitrogens with one attached hydrogen (secondary N) is 2. The monoisotopic (exact) mass is 294 g/mol. The smallest absolute Gasteiger partial charge is 0.260 e. The van der Waals surface area contributed by atoms with Crippen molar-refractivity contribution < 1.29 is 4.79 Å². The molecule has 20 heavy (non-hydrogen) atoms. The van der Waals surface area contributed by atoms with Gasteiger partial charge in [-0.05, 0) is 18.6 Å². The summed E-state index contributed by atoms with van der Waals surface area (Å²) in [6.07, 6.45) is 3.69. The summed E-state index contributed by atoms with van der Waals surface area (Å²) in [5, 5.41) is 7.20. The molecule has 1 amide bonds. The second-order valence-electron chi connectivity index (χ2n) is 4.37. The maximum Gasteiger partial charge on any atom is 0.260 e. The molecule has 0 aliphatic carbocycles. The van der Waals surface area contributed by atoms with Gasteiger partial charge in [0.1, 0.15) is 5.56 Å². The van der Waals surface area contributed by atoms with Gasteiger partial charge in [-0.1, -0.05) is 18.5 Å². The number of hydrogen-bond donors (Lipinski definition) is 2. The minimum absolute atomic E-state index is 0.00174. The molecule has 2 aromatic rings. The van der Waals surface area contributed by atoms with E-state index in [4.69, 9.17) is 11.6 Å². The molecule has 106 valence electrons. The fourth-order valence-corrected chi connectivity index (χ4v) is 2.14. The van der Waals surface area contributed by atoms with Gasteiger partial charge < -0.3 is 10.3 Å².